The highest BCUT2D eigenvalue weighted by molar-refractivity contribution is 6.04. The average molecular weight is 350 g/mol. The number of nitrogens with one attached hydrogen (secondary N) is 1. The number of pyridine rings is 1. The highest BCUT2D eigenvalue weighted by atomic mass is 19.1. The molecule has 0 bridgehead atoms. The third-order valence-corrected chi connectivity index (χ3v) is 4.76. The van der Waals surface area contributed by atoms with Crippen molar-refractivity contribution in [2.45, 2.75) is 32.6 Å². The number of benzene rings is 1. The fourth-order valence-electron chi connectivity index (χ4n) is 3.53. The molecule has 1 N–H and O–H groups in total. The number of aryl methyl sites for hydroxylation is 2. The first kappa shape index (κ1) is 16.5. The van der Waals surface area contributed by atoms with Crippen molar-refractivity contribution in [1.29, 1.82) is 0 Å². The normalized spacial score (nSPS) is 13.3. The van der Waals surface area contributed by atoms with Crippen LogP contribution in [0.5, 0.6) is 0 Å². The Balaban J connectivity index is 1.57. The van der Waals surface area contributed by atoms with E-state index in [2.05, 4.69) is 10.3 Å². The number of carbonyl (C=O) groups is 1. The van der Waals surface area contributed by atoms with Gasteiger partial charge in [0.05, 0.1) is 5.56 Å². The molecule has 5 heteroatoms. The van der Waals surface area contributed by atoms with Crippen LogP contribution in [0.15, 0.2) is 47.0 Å². The predicted octanol–water partition coefficient (Wildman–Crippen LogP) is 4.92. The summed E-state index contributed by atoms with van der Waals surface area (Å²) in [7, 11) is 0. The van der Waals surface area contributed by atoms with Crippen molar-refractivity contribution >= 4 is 11.7 Å². The van der Waals surface area contributed by atoms with Crippen LogP contribution in [0.2, 0.25) is 0 Å². The van der Waals surface area contributed by atoms with Gasteiger partial charge in [0, 0.05) is 29.3 Å². The van der Waals surface area contributed by atoms with Gasteiger partial charge in [-0.3, -0.25) is 4.79 Å². The summed E-state index contributed by atoms with van der Waals surface area (Å²) in [6, 6.07) is 9.52. The Bertz CT molecular complexity index is 961. The van der Waals surface area contributed by atoms with Crippen molar-refractivity contribution in [3.63, 3.8) is 0 Å². The number of aromatic nitrogens is 1. The van der Waals surface area contributed by atoms with E-state index in [0.717, 1.165) is 35.5 Å². The molecule has 0 atom stereocenters. The van der Waals surface area contributed by atoms with E-state index in [1.165, 1.54) is 30.5 Å². The largest absolute Gasteiger partial charge is 0.465 e. The second-order valence-corrected chi connectivity index (χ2v) is 6.51. The molecule has 1 aliphatic rings. The minimum atomic E-state index is -0.553. The van der Waals surface area contributed by atoms with Crippen LogP contribution in [-0.4, -0.2) is 10.9 Å². The number of amides is 1. The quantitative estimate of drug-likeness (QED) is 0.729. The smallest absolute Gasteiger partial charge is 0.259 e. The van der Waals surface area contributed by atoms with E-state index in [1.807, 2.05) is 13.0 Å². The van der Waals surface area contributed by atoms with Gasteiger partial charge < -0.3 is 9.73 Å². The van der Waals surface area contributed by atoms with Gasteiger partial charge in [0.25, 0.3) is 5.91 Å². The topological polar surface area (TPSA) is 55.1 Å². The Morgan fingerprint density at radius 3 is 2.73 bits per heavy atom. The lowest BCUT2D eigenvalue weighted by Gasteiger charge is -2.11. The summed E-state index contributed by atoms with van der Waals surface area (Å²) in [6.07, 6.45) is 6.07. The first-order chi connectivity index (χ1) is 12.6. The van der Waals surface area contributed by atoms with Gasteiger partial charge in [0.15, 0.2) is 0 Å². The first-order valence-corrected chi connectivity index (χ1v) is 8.77. The first-order valence-electron chi connectivity index (χ1n) is 8.77. The fraction of sp³-hybridized carbons (Fsp3) is 0.238. The van der Waals surface area contributed by atoms with Crippen LogP contribution in [0.25, 0.3) is 11.1 Å². The van der Waals surface area contributed by atoms with Crippen LogP contribution in [0.4, 0.5) is 10.2 Å². The zero-order valence-corrected chi connectivity index (χ0v) is 14.5. The molecular weight excluding hydrogens is 331 g/mol. The summed E-state index contributed by atoms with van der Waals surface area (Å²) in [4.78, 5) is 16.5. The molecule has 0 unspecified atom stereocenters. The van der Waals surface area contributed by atoms with Gasteiger partial charge in [-0.2, -0.15) is 0 Å². The highest BCUT2D eigenvalue weighted by Crippen LogP contribution is 2.36. The van der Waals surface area contributed by atoms with Gasteiger partial charge in [-0.05, 0) is 50.5 Å². The molecule has 0 saturated heterocycles. The molecule has 26 heavy (non-hydrogen) atoms. The predicted molar refractivity (Wildman–Crippen MR) is 97.7 cm³/mol. The van der Waals surface area contributed by atoms with E-state index in [4.69, 9.17) is 4.42 Å². The number of hydrogen-bond donors (Lipinski definition) is 1. The molecule has 0 aliphatic heterocycles. The molecule has 1 aliphatic carbocycles. The van der Waals surface area contributed by atoms with Crippen LogP contribution in [0.3, 0.4) is 0 Å². The molecule has 2 heterocycles. The summed E-state index contributed by atoms with van der Waals surface area (Å²) in [5, 5.41) is 2.64. The maximum atomic E-state index is 13.7. The van der Waals surface area contributed by atoms with Crippen LogP contribution in [0, 0.1) is 12.7 Å². The van der Waals surface area contributed by atoms with E-state index in [-0.39, 0.29) is 5.56 Å². The Labute approximate surface area is 151 Å². The maximum absolute atomic E-state index is 13.7. The van der Waals surface area contributed by atoms with Crippen molar-refractivity contribution in [2.24, 2.45) is 0 Å². The van der Waals surface area contributed by atoms with Gasteiger partial charge in [0.2, 0.25) is 0 Å². The molecule has 0 fully saturated rings. The Kier molecular flexibility index (Phi) is 4.29. The third kappa shape index (κ3) is 3.01. The van der Waals surface area contributed by atoms with Gasteiger partial charge >= 0.3 is 0 Å². The van der Waals surface area contributed by atoms with E-state index in [0.29, 0.717) is 5.82 Å². The van der Waals surface area contributed by atoms with Gasteiger partial charge in [-0.1, -0.05) is 12.1 Å². The molecule has 0 saturated carbocycles. The minimum absolute atomic E-state index is 0.00174. The number of nitrogens with zero attached hydrogens (tertiary/aromatic N) is 1. The minimum Gasteiger partial charge on any atom is -0.465 e. The molecule has 4 rings (SSSR count). The molecule has 4 nitrogen and oxygen atoms in total. The number of anilines is 1. The molecule has 3 aromatic rings. The standard InChI is InChI=1S/C21H19FN2O2/c1-13-20(16-7-3-5-9-18(16)26-13)14-10-11-19(23-12-14)24-21(25)15-6-2-4-8-17(15)22/h2,4,6,8,10-12H,3,5,7,9H2,1H3,(H,23,24,25). The molecule has 132 valence electrons. The van der Waals surface area contributed by atoms with Crippen LogP contribution >= 0.6 is 0 Å². The fourth-order valence-corrected chi connectivity index (χ4v) is 3.53. The molecule has 1 aromatic carbocycles. The number of furan rings is 1. The molecule has 2 aromatic heterocycles. The third-order valence-electron chi connectivity index (χ3n) is 4.76. The van der Waals surface area contributed by atoms with Crippen molar-refractivity contribution in [3.8, 4) is 11.1 Å². The lowest BCUT2D eigenvalue weighted by molar-refractivity contribution is 0.102. The second kappa shape index (κ2) is 6.75. The number of rotatable bonds is 3. The van der Waals surface area contributed by atoms with E-state index in [1.54, 1.807) is 24.4 Å². The Hall–Kier alpha value is -2.95. The summed E-state index contributed by atoms with van der Waals surface area (Å²) >= 11 is 0. The van der Waals surface area contributed by atoms with Gasteiger partial charge in [-0.15, -0.1) is 0 Å². The van der Waals surface area contributed by atoms with Gasteiger partial charge in [-0.25, -0.2) is 9.37 Å². The average Bonchev–Trinajstić information content (AvgIpc) is 2.98. The monoisotopic (exact) mass is 350 g/mol. The zero-order valence-electron chi connectivity index (χ0n) is 14.5. The lowest BCUT2D eigenvalue weighted by atomic mass is 9.92. The Morgan fingerprint density at radius 1 is 1.15 bits per heavy atom. The maximum Gasteiger partial charge on any atom is 0.259 e. The molecule has 0 spiro atoms. The summed E-state index contributed by atoms with van der Waals surface area (Å²) in [5.74, 6) is 1.31. The molecular formula is C21H19FN2O2. The van der Waals surface area contributed by atoms with Crippen LogP contribution < -0.4 is 5.32 Å². The zero-order chi connectivity index (χ0) is 18.1. The summed E-state index contributed by atoms with van der Waals surface area (Å²) in [5.41, 5.74) is 3.36. The van der Waals surface area contributed by atoms with E-state index in [9.17, 15) is 9.18 Å². The number of fused-ring (bicyclic) bond motifs is 1. The summed E-state index contributed by atoms with van der Waals surface area (Å²) in [6.45, 7) is 1.97. The van der Waals surface area contributed by atoms with Crippen molar-refractivity contribution in [3.05, 3.63) is 71.1 Å². The molecule has 1 amide bonds. The van der Waals surface area contributed by atoms with Crippen molar-refractivity contribution < 1.29 is 13.6 Å². The van der Waals surface area contributed by atoms with E-state index >= 15 is 0 Å². The van der Waals surface area contributed by atoms with Gasteiger partial charge in [0.1, 0.15) is 23.2 Å². The molecule has 0 radical (unpaired) electrons. The lowest BCUT2D eigenvalue weighted by Crippen LogP contribution is -2.14. The number of hydrogen-bond acceptors (Lipinski definition) is 3. The Morgan fingerprint density at radius 2 is 1.96 bits per heavy atom. The SMILES string of the molecule is Cc1oc2c(c1-c1ccc(NC(=O)c3ccccc3F)nc1)CCCC2. The highest BCUT2D eigenvalue weighted by Gasteiger charge is 2.22. The van der Waals surface area contributed by atoms with E-state index < -0.39 is 11.7 Å². The summed E-state index contributed by atoms with van der Waals surface area (Å²) < 4.78 is 19.6. The van der Waals surface area contributed by atoms with Crippen LogP contribution in [0.1, 0.15) is 40.3 Å². The van der Waals surface area contributed by atoms with Crippen molar-refractivity contribution in [1.82, 2.24) is 4.98 Å². The van der Waals surface area contributed by atoms with Crippen molar-refractivity contribution in [2.75, 3.05) is 5.32 Å². The second-order valence-electron chi connectivity index (χ2n) is 6.51. The number of carbonyl (C=O) groups excluding carboxylic acids is 1. The number of halogens is 1. The van der Waals surface area contributed by atoms with Crippen LogP contribution in [-0.2, 0) is 12.8 Å².